The van der Waals surface area contributed by atoms with Crippen LogP contribution in [-0.2, 0) is 14.3 Å². The molecule has 0 saturated carbocycles. The van der Waals surface area contributed by atoms with E-state index in [0.29, 0.717) is 11.4 Å². The van der Waals surface area contributed by atoms with Crippen LogP contribution in [0.2, 0.25) is 0 Å². The average Bonchev–Trinajstić information content (AvgIpc) is 2.52. The van der Waals surface area contributed by atoms with Crippen LogP contribution in [0.25, 0.3) is 16.5 Å². The SMILES string of the molecule is COCO/C=C(/NC(C)=O)c1ccc2ccccc2c1OC. The van der Waals surface area contributed by atoms with E-state index in [1.165, 1.54) is 20.3 Å². The highest BCUT2D eigenvalue weighted by Gasteiger charge is 2.13. The van der Waals surface area contributed by atoms with Crippen molar-refractivity contribution in [2.24, 2.45) is 0 Å². The van der Waals surface area contributed by atoms with Gasteiger partial charge in [-0.05, 0) is 11.5 Å². The fourth-order valence-corrected chi connectivity index (χ4v) is 2.21. The Balaban J connectivity index is 2.52. The Morgan fingerprint density at radius 1 is 1.18 bits per heavy atom. The molecule has 0 aliphatic rings. The molecule has 0 heterocycles. The molecule has 0 aliphatic carbocycles. The van der Waals surface area contributed by atoms with Crippen molar-refractivity contribution < 1.29 is 19.0 Å². The molecule has 0 aliphatic heterocycles. The molecule has 22 heavy (non-hydrogen) atoms. The molecule has 0 saturated heterocycles. The van der Waals surface area contributed by atoms with Crippen molar-refractivity contribution in [2.75, 3.05) is 21.0 Å². The first-order chi connectivity index (χ1) is 10.7. The Labute approximate surface area is 129 Å². The van der Waals surface area contributed by atoms with Crippen molar-refractivity contribution in [3.8, 4) is 5.75 Å². The van der Waals surface area contributed by atoms with Crippen LogP contribution in [0.1, 0.15) is 12.5 Å². The van der Waals surface area contributed by atoms with Crippen LogP contribution < -0.4 is 10.1 Å². The summed E-state index contributed by atoms with van der Waals surface area (Å²) in [5.74, 6) is 0.488. The van der Waals surface area contributed by atoms with Gasteiger partial charge in [0, 0.05) is 25.0 Å². The lowest BCUT2D eigenvalue weighted by molar-refractivity contribution is -0.117. The number of methoxy groups -OCH3 is 2. The largest absolute Gasteiger partial charge is 0.495 e. The van der Waals surface area contributed by atoms with Gasteiger partial charge in [-0.3, -0.25) is 4.79 Å². The molecule has 0 fully saturated rings. The number of carbonyl (C=O) groups is 1. The van der Waals surface area contributed by atoms with E-state index >= 15 is 0 Å². The molecule has 2 rings (SSSR count). The summed E-state index contributed by atoms with van der Waals surface area (Å²) in [4.78, 5) is 11.4. The van der Waals surface area contributed by atoms with Crippen LogP contribution in [0.3, 0.4) is 0 Å². The first-order valence-corrected chi connectivity index (χ1v) is 6.81. The molecule has 0 bridgehead atoms. The molecule has 5 nitrogen and oxygen atoms in total. The number of nitrogens with one attached hydrogen (secondary N) is 1. The second-order valence-corrected chi connectivity index (χ2v) is 4.65. The number of ether oxygens (including phenoxy) is 3. The third-order valence-electron chi connectivity index (χ3n) is 3.07. The fourth-order valence-electron chi connectivity index (χ4n) is 2.21. The minimum atomic E-state index is -0.192. The Bertz CT molecular complexity index is 694. The Morgan fingerprint density at radius 2 is 1.95 bits per heavy atom. The van der Waals surface area contributed by atoms with Crippen molar-refractivity contribution in [3.63, 3.8) is 0 Å². The van der Waals surface area contributed by atoms with E-state index in [0.717, 1.165) is 16.3 Å². The predicted octanol–water partition coefficient (Wildman–Crippen LogP) is 2.90. The van der Waals surface area contributed by atoms with Crippen LogP contribution >= 0.6 is 0 Å². The summed E-state index contributed by atoms with van der Waals surface area (Å²) in [5.41, 5.74) is 1.26. The molecule has 0 aromatic heterocycles. The van der Waals surface area contributed by atoms with Crippen LogP contribution in [0.5, 0.6) is 5.75 Å². The molecule has 0 atom stereocenters. The van der Waals surface area contributed by atoms with Crippen LogP contribution in [0, 0.1) is 0 Å². The van der Waals surface area contributed by atoms with E-state index in [1.807, 2.05) is 36.4 Å². The van der Waals surface area contributed by atoms with E-state index in [4.69, 9.17) is 14.2 Å². The van der Waals surface area contributed by atoms with Crippen LogP contribution in [-0.4, -0.2) is 26.9 Å². The number of rotatable bonds is 6. The first-order valence-electron chi connectivity index (χ1n) is 6.81. The molecule has 2 aromatic rings. The standard InChI is InChI=1S/C17H19NO4/c1-12(19)18-16(10-22-11-20-2)15-9-8-13-6-4-5-7-14(13)17(15)21-3/h4-10H,11H2,1-3H3,(H,18,19)/b16-10+. The van der Waals surface area contributed by atoms with Gasteiger partial charge in [0.25, 0.3) is 0 Å². The molecule has 2 aromatic carbocycles. The molecule has 0 spiro atoms. The number of benzene rings is 2. The highest BCUT2D eigenvalue weighted by molar-refractivity contribution is 5.95. The average molecular weight is 301 g/mol. The van der Waals surface area contributed by atoms with Crippen molar-refractivity contribution >= 4 is 22.4 Å². The van der Waals surface area contributed by atoms with Gasteiger partial charge < -0.3 is 19.5 Å². The molecule has 1 amide bonds. The fraction of sp³-hybridized carbons (Fsp3) is 0.235. The lowest BCUT2D eigenvalue weighted by Gasteiger charge is -2.15. The summed E-state index contributed by atoms with van der Waals surface area (Å²) in [6.45, 7) is 1.54. The Morgan fingerprint density at radius 3 is 2.64 bits per heavy atom. The molecule has 5 heteroatoms. The first kappa shape index (κ1) is 15.9. The van der Waals surface area contributed by atoms with Gasteiger partial charge in [0.1, 0.15) is 12.0 Å². The third kappa shape index (κ3) is 3.56. The summed E-state index contributed by atoms with van der Waals surface area (Å²) in [7, 11) is 3.13. The number of fused-ring (bicyclic) bond motifs is 1. The Kier molecular flexibility index (Phi) is 5.38. The number of hydrogen-bond acceptors (Lipinski definition) is 4. The molecular formula is C17H19NO4. The minimum absolute atomic E-state index is 0.0962. The summed E-state index contributed by atoms with van der Waals surface area (Å²) in [6.07, 6.45) is 1.46. The van der Waals surface area contributed by atoms with Gasteiger partial charge in [0.2, 0.25) is 5.91 Å². The van der Waals surface area contributed by atoms with E-state index in [9.17, 15) is 4.79 Å². The van der Waals surface area contributed by atoms with Crippen LogP contribution in [0.4, 0.5) is 0 Å². The summed E-state index contributed by atoms with van der Waals surface area (Å²) in [5, 5.41) is 4.78. The molecule has 116 valence electrons. The zero-order valence-corrected chi connectivity index (χ0v) is 12.9. The van der Waals surface area contributed by atoms with E-state index in [1.54, 1.807) is 7.11 Å². The molecule has 0 radical (unpaired) electrons. The van der Waals surface area contributed by atoms with Crippen molar-refractivity contribution in [2.45, 2.75) is 6.92 Å². The van der Waals surface area contributed by atoms with E-state index < -0.39 is 0 Å². The number of amides is 1. The molecular weight excluding hydrogens is 282 g/mol. The van der Waals surface area contributed by atoms with Gasteiger partial charge in [-0.15, -0.1) is 0 Å². The van der Waals surface area contributed by atoms with Crippen molar-refractivity contribution in [1.29, 1.82) is 0 Å². The summed E-state index contributed by atoms with van der Waals surface area (Å²) in [6, 6.07) is 11.7. The van der Waals surface area contributed by atoms with E-state index in [2.05, 4.69) is 5.32 Å². The van der Waals surface area contributed by atoms with Gasteiger partial charge in [0.15, 0.2) is 6.79 Å². The molecule has 0 unspecified atom stereocenters. The normalized spacial score (nSPS) is 11.3. The Hall–Kier alpha value is -2.53. The highest BCUT2D eigenvalue weighted by atomic mass is 16.7. The second kappa shape index (κ2) is 7.47. The number of carbonyl (C=O) groups excluding carboxylic acids is 1. The lowest BCUT2D eigenvalue weighted by Crippen LogP contribution is -2.19. The highest BCUT2D eigenvalue weighted by Crippen LogP contribution is 2.33. The smallest absolute Gasteiger partial charge is 0.221 e. The van der Waals surface area contributed by atoms with Crippen LogP contribution in [0.15, 0.2) is 42.7 Å². The minimum Gasteiger partial charge on any atom is -0.495 e. The maximum atomic E-state index is 11.4. The second-order valence-electron chi connectivity index (χ2n) is 4.65. The maximum absolute atomic E-state index is 11.4. The zero-order valence-electron chi connectivity index (χ0n) is 12.9. The van der Waals surface area contributed by atoms with Gasteiger partial charge >= 0.3 is 0 Å². The van der Waals surface area contributed by atoms with E-state index in [-0.39, 0.29) is 12.7 Å². The zero-order chi connectivity index (χ0) is 15.9. The van der Waals surface area contributed by atoms with Crippen molar-refractivity contribution in [1.82, 2.24) is 5.32 Å². The van der Waals surface area contributed by atoms with Crippen molar-refractivity contribution in [3.05, 3.63) is 48.2 Å². The maximum Gasteiger partial charge on any atom is 0.221 e. The van der Waals surface area contributed by atoms with Gasteiger partial charge in [-0.1, -0.05) is 30.3 Å². The molecule has 1 N–H and O–H groups in total. The predicted molar refractivity (Wildman–Crippen MR) is 85.3 cm³/mol. The topological polar surface area (TPSA) is 56.8 Å². The summed E-state index contributed by atoms with van der Waals surface area (Å²) < 4.78 is 15.7. The quantitative estimate of drug-likeness (QED) is 0.506. The summed E-state index contributed by atoms with van der Waals surface area (Å²) >= 11 is 0. The lowest BCUT2D eigenvalue weighted by atomic mass is 10.0. The third-order valence-corrected chi connectivity index (χ3v) is 3.07. The van der Waals surface area contributed by atoms with Gasteiger partial charge in [-0.2, -0.15) is 0 Å². The number of hydrogen-bond donors (Lipinski definition) is 1. The van der Waals surface area contributed by atoms with Gasteiger partial charge in [0.05, 0.1) is 12.8 Å². The van der Waals surface area contributed by atoms with Gasteiger partial charge in [-0.25, -0.2) is 0 Å². The monoisotopic (exact) mass is 301 g/mol.